The van der Waals surface area contributed by atoms with E-state index in [1.54, 1.807) is 0 Å². The molecule has 92 valence electrons. The molecule has 0 bridgehead atoms. The van der Waals surface area contributed by atoms with E-state index in [4.69, 9.17) is 0 Å². The number of hydrogen-bond acceptors (Lipinski definition) is 2. The van der Waals surface area contributed by atoms with Crippen LogP contribution in [0.1, 0.15) is 19.3 Å². The fourth-order valence-corrected chi connectivity index (χ4v) is 1.75. The van der Waals surface area contributed by atoms with Gasteiger partial charge in [-0.1, -0.05) is 0 Å². The lowest BCUT2D eigenvalue weighted by atomic mass is 9.93. The molecule has 4 nitrogen and oxygen atoms in total. The molecule has 2 rings (SSSR count). The van der Waals surface area contributed by atoms with Crippen LogP contribution in [0.25, 0.3) is 0 Å². The summed E-state index contributed by atoms with van der Waals surface area (Å²) in [5.41, 5.74) is 1.95. The number of hydrogen-bond donors (Lipinski definition) is 2. The summed E-state index contributed by atoms with van der Waals surface area (Å²) in [6.45, 7) is 0. The molecule has 0 aromatic heterocycles. The second-order valence-electron chi connectivity index (χ2n) is 4.67. The number of rotatable bonds is 3. The van der Waals surface area contributed by atoms with E-state index < -0.39 is 0 Å². The largest absolute Gasteiger partial charge is 0.378 e. The summed E-state index contributed by atoms with van der Waals surface area (Å²) in [5, 5.41) is 5.78. The standard InChI is InChI=1S/C13H19N3O/c1-16(2)12-8-6-11(7-9-12)15-13(17)14-10-4-3-5-10/h6-10H,3-5H2,1-2H3,(H2,14,15,17). The molecule has 1 fully saturated rings. The smallest absolute Gasteiger partial charge is 0.319 e. The predicted molar refractivity (Wildman–Crippen MR) is 70.6 cm³/mol. The summed E-state index contributed by atoms with van der Waals surface area (Å²) in [7, 11) is 3.98. The zero-order valence-corrected chi connectivity index (χ0v) is 10.4. The summed E-state index contributed by atoms with van der Waals surface area (Å²) in [5.74, 6) is 0. The molecular formula is C13H19N3O. The van der Waals surface area contributed by atoms with Crippen molar-refractivity contribution >= 4 is 17.4 Å². The molecule has 1 aromatic carbocycles. The lowest BCUT2D eigenvalue weighted by molar-refractivity contribution is 0.240. The maximum absolute atomic E-state index is 11.6. The summed E-state index contributed by atoms with van der Waals surface area (Å²) < 4.78 is 0. The SMILES string of the molecule is CN(C)c1ccc(NC(=O)NC2CCC2)cc1. The van der Waals surface area contributed by atoms with Crippen LogP contribution in [-0.4, -0.2) is 26.2 Å². The highest BCUT2D eigenvalue weighted by molar-refractivity contribution is 5.89. The molecule has 1 aromatic rings. The number of anilines is 2. The first-order valence-electron chi connectivity index (χ1n) is 6.00. The molecule has 0 unspecified atom stereocenters. The Balaban J connectivity index is 1.87. The number of nitrogens with zero attached hydrogens (tertiary/aromatic N) is 1. The van der Waals surface area contributed by atoms with E-state index in [-0.39, 0.29) is 6.03 Å². The van der Waals surface area contributed by atoms with Crippen molar-refractivity contribution in [1.82, 2.24) is 5.32 Å². The second kappa shape index (κ2) is 5.08. The van der Waals surface area contributed by atoms with Crippen LogP contribution in [0.5, 0.6) is 0 Å². The van der Waals surface area contributed by atoms with Crippen LogP contribution >= 0.6 is 0 Å². The molecule has 2 amide bonds. The Morgan fingerprint density at radius 1 is 1.24 bits per heavy atom. The van der Waals surface area contributed by atoms with Gasteiger partial charge in [-0.3, -0.25) is 0 Å². The fraction of sp³-hybridized carbons (Fsp3) is 0.462. The number of carbonyl (C=O) groups excluding carboxylic acids is 1. The van der Waals surface area contributed by atoms with Gasteiger partial charge in [-0.2, -0.15) is 0 Å². The van der Waals surface area contributed by atoms with Gasteiger partial charge in [-0.05, 0) is 43.5 Å². The number of nitrogens with one attached hydrogen (secondary N) is 2. The maximum atomic E-state index is 11.6. The topological polar surface area (TPSA) is 44.4 Å². The Morgan fingerprint density at radius 3 is 2.35 bits per heavy atom. The molecule has 17 heavy (non-hydrogen) atoms. The summed E-state index contributed by atoms with van der Waals surface area (Å²) in [6.07, 6.45) is 3.43. The van der Waals surface area contributed by atoms with Crippen LogP contribution in [0, 0.1) is 0 Å². The highest BCUT2D eigenvalue weighted by atomic mass is 16.2. The van der Waals surface area contributed by atoms with Gasteiger partial charge in [0.2, 0.25) is 0 Å². The first kappa shape index (κ1) is 11.8. The Kier molecular flexibility index (Phi) is 3.52. The average molecular weight is 233 g/mol. The van der Waals surface area contributed by atoms with E-state index in [2.05, 4.69) is 10.6 Å². The zero-order chi connectivity index (χ0) is 12.3. The number of amides is 2. The number of urea groups is 1. The fourth-order valence-electron chi connectivity index (χ4n) is 1.75. The van der Waals surface area contributed by atoms with Crippen LogP contribution in [0.2, 0.25) is 0 Å². The molecule has 0 atom stereocenters. The third kappa shape index (κ3) is 3.12. The van der Waals surface area contributed by atoms with Gasteiger partial charge in [0.25, 0.3) is 0 Å². The van der Waals surface area contributed by atoms with Crippen molar-refractivity contribution in [2.75, 3.05) is 24.3 Å². The number of carbonyl (C=O) groups is 1. The minimum Gasteiger partial charge on any atom is -0.378 e. The van der Waals surface area contributed by atoms with Gasteiger partial charge in [0.05, 0.1) is 0 Å². The van der Waals surface area contributed by atoms with Gasteiger partial charge >= 0.3 is 6.03 Å². The number of benzene rings is 1. The molecule has 1 saturated carbocycles. The van der Waals surface area contributed by atoms with Crippen LogP contribution < -0.4 is 15.5 Å². The summed E-state index contributed by atoms with van der Waals surface area (Å²) in [6, 6.07) is 8.06. The highest BCUT2D eigenvalue weighted by Crippen LogP contribution is 2.19. The predicted octanol–water partition coefficient (Wildman–Crippen LogP) is 2.43. The van der Waals surface area contributed by atoms with E-state index in [0.29, 0.717) is 6.04 Å². The lowest BCUT2D eigenvalue weighted by Crippen LogP contribution is -2.41. The van der Waals surface area contributed by atoms with Crippen molar-refractivity contribution < 1.29 is 4.79 Å². The minimum atomic E-state index is -0.104. The quantitative estimate of drug-likeness (QED) is 0.842. The molecule has 0 heterocycles. The third-order valence-corrected chi connectivity index (χ3v) is 3.08. The Labute approximate surface area is 102 Å². The third-order valence-electron chi connectivity index (χ3n) is 3.08. The van der Waals surface area contributed by atoms with Crippen molar-refractivity contribution in [2.24, 2.45) is 0 Å². The molecule has 1 aliphatic carbocycles. The monoisotopic (exact) mass is 233 g/mol. The normalized spacial score (nSPS) is 14.9. The summed E-state index contributed by atoms with van der Waals surface area (Å²) >= 11 is 0. The van der Waals surface area contributed by atoms with E-state index in [9.17, 15) is 4.79 Å². The van der Waals surface area contributed by atoms with Gasteiger partial charge in [0, 0.05) is 31.5 Å². The van der Waals surface area contributed by atoms with E-state index in [1.807, 2.05) is 43.3 Å². The van der Waals surface area contributed by atoms with Crippen LogP contribution in [0.15, 0.2) is 24.3 Å². The van der Waals surface area contributed by atoms with E-state index in [1.165, 1.54) is 6.42 Å². The first-order valence-corrected chi connectivity index (χ1v) is 6.00. The molecule has 0 radical (unpaired) electrons. The molecular weight excluding hydrogens is 214 g/mol. The molecule has 4 heteroatoms. The molecule has 0 spiro atoms. The first-order chi connectivity index (χ1) is 8.15. The van der Waals surface area contributed by atoms with Crippen molar-refractivity contribution in [1.29, 1.82) is 0 Å². The van der Waals surface area contributed by atoms with Gasteiger partial charge in [-0.25, -0.2) is 4.79 Å². The van der Waals surface area contributed by atoms with E-state index >= 15 is 0 Å². The Morgan fingerprint density at radius 2 is 1.88 bits per heavy atom. The highest BCUT2D eigenvalue weighted by Gasteiger charge is 2.19. The van der Waals surface area contributed by atoms with Crippen molar-refractivity contribution in [2.45, 2.75) is 25.3 Å². The maximum Gasteiger partial charge on any atom is 0.319 e. The van der Waals surface area contributed by atoms with Gasteiger partial charge in [-0.15, -0.1) is 0 Å². The minimum absolute atomic E-state index is 0.104. The van der Waals surface area contributed by atoms with E-state index in [0.717, 1.165) is 24.2 Å². The molecule has 2 N–H and O–H groups in total. The van der Waals surface area contributed by atoms with Crippen LogP contribution in [0.3, 0.4) is 0 Å². The second-order valence-corrected chi connectivity index (χ2v) is 4.67. The van der Waals surface area contributed by atoms with Crippen molar-refractivity contribution in [3.8, 4) is 0 Å². The van der Waals surface area contributed by atoms with Crippen molar-refractivity contribution in [3.63, 3.8) is 0 Å². The van der Waals surface area contributed by atoms with Gasteiger partial charge in [0.1, 0.15) is 0 Å². The zero-order valence-electron chi connectivity index (χ0n) is 10.4. The Bertz CT molecular complexity index is 382. The summed E-state index contributed by atoms with van der Waals surface area (Å²) in [4.78, 5) is 13.6. The van der Waals surface area contributed by atoms with Gasteiger partial charge < -0.3 is 15.5 Å². The van der Waals surface area contributed by atoms with Gasteiger partial charge in [0.15, 0.2) is 0 Å². The molecule has 0 saturated heterocycles. The molecule has 1 aliphatic rings. The van der Waals surface area contributed by atoms with Crippen LogP contribution in [-0.2, 0) is 0 Å². The Hall–Kier alpha value is -1.71. The molecule has 0 aliphatic heterocycles. The average Bonchev–Trinajstić information content (AvgIpc) is 2.24. The van der Waals surface area contributed by atoms with Crippen molar-refractivity contribution in [3.05, 3.63) is 24.3 Å². The lowest BCUT2D eigenvalue weighted by Gasteiger charge is -2.26. The van der Waals surface area contributed by atoms with Crippen LogP contribution in [0.4, 0.5) is 16.2 Å².